The van der Waals surface area contributed by atoms with Crippen molar-refractivity contribution >= 4 is 22.9 Å². The van der Waals surface area contributed by atoms with Crippen molar-refractivity contribution in [2.45, 2.75) is 0 Å². The van der Waals surface area contributed by atoms with Gasteiger partial charge in [0.25, 0.3) is 5.69 Å². The van der Waals surface area contributed by atoms with Crippen LogP contribution in [0, 0.1) is 32.8 Å². The summed E-state index contributed by atoms with van der Waals surface area (Å²) >= 11 is 0. The van der Waals surface area contributed by atoms with Gasteiger partial charge in [-0.15, -0.1) is 0 Å². The number of H-pyrrole nitrogens is 1. The van der Waals surface area contributed by atoms with E-state index in [-0.39, 0.29) is 17.9 Å². The Morgan fingerprint density at radius 3 is 2.50 bits per heavy atom. The zero-order valence-electron chi connectivity index (χ0n) is 12.2. The van der Waals surface area contributed by atoms with E-state index < -0.39 is 16.4 Å². The maximum absolute atomic E-state index is 12.2. The van der Waals surface area contributed by atoms with Gasteiger partial charge in [0.1, 0.15) is 12.6 Å². The van der Waals surface area contributed by atoms with Crippen LogP contribution < -0.4 is 5.01 Å². The number of anilines is 1. The third-order valence-electron chi connectivity index (χ3n) is 2.96. The van der Waals surface area contributed by atoms with Crippen LogP contribution >= 0.6 is 0 Å². The second-order valence-electron chi connectivity index (χ2n) is 4.46. The molecule has 0 unspecified atom stereocenters. The molecule has 0 saturated heterocycles. The minimum Gasteiger partial charge on any atom is -0.358 e. The van der Waals surface area contributed by atoms with Crippen LogP contribution in [0.2, 0.25) is 0 Å². The molecule has 24 heavy (non-hydrogen) atoms. The Labute approximate surface area is 136 Å². The predicted octanol–water partition coefficient (Wildman–Crippen LogP) is 2.02. The van der Waals surface area contributed by atoms with Gasteiger partial charge in [0, 0.05) is 18.3 Å². The zero-order chi connectivity index (χ0) is 17.5. The molecule has 118 valence electrons. The number of hydrogen-bond donors (Lipinski definition) is 1. The van der Waals surface area contributed by atoms with Crippen LogP contribution in [0.3, 0.4) is 0 Å². The first-order chi connectivity index (χ1) is 11.6. The molecule has 0 aliphatic rings. The van der Waals surface area contributed by atoms with E-state index in [1.54, 1.807) is 12.1 Å². The number of non-ortho nitro benzene ring substituents is 1. The van der Waals surface area contributed by atoms with Crippen LogP contribution in [-0.4, -0.2) is 27.9 Å². The van der Waals surface area contributed by atoms with E-state index in [9.17, 15) is 14.9 Å². The zero-order valence-corrected chi connectivity index (χ0v) is 12.2. The molecule has 2 aromatic rings. The summed E-state index contributed by atoms with van der Waals surface area (Å²) in [5.41, 5.74) is -0.00116. The molecule has 1 aromatic heterocycles. The number of nitrogens with zero attached hydrogens (tertiary/aromatic N) is 5. The Morgan fingerprint density at radius 2 is 2.00 bits per heavy atom. The molecule has 0 amide bonds. The Morgan fingerprint density at radius 1 is 1.29 bits per heavy atom. The van der Waals surface area contributed by atoms with E-state index >= 15 is 0 Å². The van der Waals surface area contributed by atoms with Crippen LogP contribution in [0.5, 0.6) is 0 Å². The summed E-state index contributed by atoms with van der Waals surface area (Å²) < 4.78 is 0. The molecule has 0 aliphatic heterocycles. The lowest BCUT2D eigenvalue weighted by Crippen LogP contribution is -2.23. The van der Waals surface area contributed by atoms with Gasteiger partial charge in [-0.1, -0.05) is 0 Å². The highest BCUT2D eigenvalue weighted by molar-refractivity contribution is 6.51. The summed E-state index contributed by atoms with van der Waals surface area (Å²) in [6, 6.07) is 11.9. The van der Waals surface area contributed by atoms with E-state index in [0.717, 1.165) is 5.01 Å². The number of carbonyl (C=O) groups is 1. The third-order valence-corrected chi connectivity index (χ3v) is 2.96. The summed E-state index contributed by atoms with van der Waals surface area (Å²) in [5.74, 6) is -0.618. The molecule has 1 heterocycles. The minimum absolute atomic E-state index is 0.123. The Kier molecular flexibility index (Phi) is 5.01. The van der Waals surface area contributed by atoms with Gasteiger partial charge >= 0.3 is 0 Å². The summed E-state index contributed by atoms with van der Waals surface area (Å²) in [6.45, 7) is -0.235. The van der Waals surface area contributed by atoms with Crippen molar-refractivity contribution in [2.24, 2.45) is 5.10 Å². The fraction of sp³-hybridized carbons (Fsp3) is 0.0667. The number of ketones is 1. The first-order valence-corrected chi connectivity index (χ1v) is 6.62. The molecule has 1 N–H and O–H groups in total. The Bertz CT molecular complexity index is 856. The first-order valence-electron chi connectivity index (χ1n) is 6.62. The van der Waals surface area contributed by atoms with Crippen molar-refractivity contribution in [3.8, 4) is 12.1 Å². The summed E-state index contributed by atoms with van der Waals surface area (Å²) in [6.07, 6.45) is 1.53. The molecule has 0 fully saturated rings. The largest absolute Gasteiger partial charge is 0.358 e. The molecular weight excluding hydrogens is 312 g/mol. The fourth-order valence-corrected chi connectivity index (χ4v) is 1.84. The second kappa shape index (κ2) is 7.33. The van der Waals surface area contributed by atoms with Gasteiger partial charge in [-0.3, -0.25) is 14.9 Å². The molecule has 0 aliphatic carbocycles. The fourth-order valence-electron chi connectivity index (χ4n) is 1.84. The highest BCUT2D eigenvalue weighted by atomic mass is 16.6. The number of nitriles is 2. The monoisotopic (exact) mass is 322 g/mol. The van der Waals surface area contributed by atoms with Crippen molar-refractivity contribution in [3.63, 3.8) is 0 Å². The smallest absolute Gasteiger partial charge is 0.269 e. The number of Topliss-reactive ketones (excluding diaryl/α,β-unsaturated/α-hetero) is 1. The lowest BCUT2D eigenvalue weighted by atomic mass is 10.2. The number of hydrazone groups is 1. The maximum Gasteiger partial charge on any atom is 0.269 e. The standard InChI is InChI=1S/C15H10N6O3/c16-7-9-20(11-3-5-12(6-4-11)21(23)24)19-14(10-17)15(22)13-2-1-8-18-13/h1-6,8,18H,9H2/b19-14+. The van der Waals surface area contributed by atoms with Gasteiger partial charge in [0.2, 0.25) is 11.5 Å². The van der Waals surface area contributed by atoms with Crippen LogP contribution in [0.4, 0.5) is 11.4 Å². The highest BCUT2D eigenvalue weighted by Crippen LogP contribution is 2.19. The average molecular weight is 322 g/mol. The molecule has 0 bridgehead atoms. The van der Waals surface area contributed by atoms with Gasteiger partial charge in [-0.05, 0) is 24.3 Å². The molecule has 9 heteroatoms. The van der Waals surface area contributed by atoms with E-state index in [4.69, 9.17) is 10.5 Å². The van der Waals surface area contributed by atoms with E-state index in [1.165, 1.54) is 36.5 Å². The lowest BCUT2D eigenvalue weighted by molar-refractivity contribution is -0.384. The van der Waals surface area contributed by atoms with E-state index in [2.05, 4.69) is 10.1 Å². The number of carbonyl (C=O) groups excluding carboxylic acids is 1. The molecular formula is C15H10N6O3. The number of nitro benzene ring substituents is 1. The van der Waals surface area contributed by atoms with Crippen molar-refractivity contribution in [3.05, 3.63) is 58.4 Å². The number of rotatable bonds is 6. The van der Waals surface area contributed by atoms with Gasteiger partial charge in [-0.25, -0.2) is 5.01 Å². The highest BCUT2D eigenvalue weighted by Gasteiger charge is 2.17. The first kappa shape index (κ1) is 16.4. The quantitative estimate of drug-likeness (QED) is 0.284. The minimum atomic E-state index is -0.618. The molecule has 0 saturated carbocycles. The van der Waals surface area contributed by atoms with Crippen molar-refractivity contribution in [1.29, 1.82) is 10.5 Å². The van der Waals surface area contributed by atoms with Crippen LogP contribution in [-0.2, 0) is 0 Å². The van der Waals surface area contributed by atoms with E-state index in [0.29, 0.717) is 5.69 Å². The lowest BCUT2D eigenvalue weighted by Gasteiger charge is -2.15. The van der Waals surface area contributed by atoms with Crippen LogP contribution in [0.15, 0.2) is 47.7 Å². The molecule has 2 rings (SSSR count). The number of benzene rings is 1. The Balaban J connectivity index is 2.35. The average Bonchev–Trinajstić information content (AvgIpc) is 3.12. The molecule has 9 nitrogen and oxygen atoms in total. The topological polar surface area (TPSA) is 139 Å². The Hall–Kier alpha value is -3.98. The van der Waals surface area contributed by atoms with Gasteiger partial charge in [0.15, 0.2) is 0 Å². The predicted molar refractivity (Wildman–Crippen MR) is 84.2 cm³/mol. The maximum atomic E-state index is 12.2. The van der Waals surface area contributed by atoms with Crippen molar-refractivity contribution < 1.29 is 9.72 Å². The van der Waals surface area contributed by atoms with Crippen molar-refractivity contribution in [1.82, 2.24) is 4.98 Å². The normalized spacial score (nSPS) is 10.5. The number of nitro groups is 1. The van der Waals surface area contributed by atoms with Gasteiger partial charge in [0.05, 0.1) is 22.4 Å². The number of aromatic nitrogens is 1. The molecule has 0 spiro atoms. The summed E-state index contributed by atoms with van der Waals surface area (Å²) in [4.78, 5) is 25.0. The van der Waals surface area contributed by atoms with Crippen LogP contribution in [0.25, 0.3) is 0 Å². The summed E-state index contributed by atoms with van der Waals surface area (Å²) in [7, 11) is 0. The molecule has 0 radical (unpaired) electrons. The number of aromatic amines is 1. The van der Waals surface area contributed by atoms with Crippen LogP contribution in [0.1, 0.15) is 10.5 Å². The summed E-state index contributed by atoms with van der Waals surface area (Å²) in [5, 5.41) is 33.8. The van der Waals surface area contributed by atoms with Gasteiger partial charge in [-0.2, -0.15) is 15.6 Å². The van der Waals surface area contributed by atoms with Gasteiger partial charge < -0.3 is 4.98 Å². The SMILES string of the molecule is N#CCN(/N=C(\C#N)C(=O)c1ccc[nH]1)c1ccc([N+](=O)[O-])cc1. The van der Waals surface area contributed by atoms with Crippen molar-refractivity contribution in [2.75, 3.05) is 11.6 Å². The molecule has 1 aromatic carbocycles. The number of nitrogens with one attached hydrogen (secondary N) is 1. The third kappa shape index (κ3) is 3.61. The molecule has 0 atom stereocenters. The number of hydrogen-bond acceptors (Lipinski definition) is 7. The van der Waals surface area contributed by atoms with E-state index in [1.807, 2.05) is 6.07 Å². The second-order valence-corrected chi connectivity index (χ2v) is 4.46.